The van der Waals surface area contributed by atoms with Gasteiger partial charge < -0.3 is 4.74 Å². The van der Waals surface area contributed by atoms with Crippen molar-refractivity contribution < 1.29 is 4.74 Å². The number of allylic oxidation sites excluding steroid dienone is 19. The van der Waals surface area contributed by atoms with Gasteiger partial charge >= 0.3 is 0 Å². The van der Waals surface area contributed by atoms with E-state index in [1.54, 1.807) is 0 Å². The molecule has 0 aromatic carbocycles. The van der Waals surface area contributed by atoms with Crippen molar-refractivity contribution in [3.63, 3.8) is 0 Å². The zero-order valence-corrected chi connectivity index (χ0v) is 25.8. The second kappa shape index (κ2) is 11.4. The Hall–Kier alpha value is -4.05. The van der Waals surface area contributed by atoms with Crippen LogP contribution in [0.25, 0.3) is 5.57 Å². The van der Waals surface area contributed by atoms with Gasteiger partial charge in [-0.25, -0.2) is 15.0 Å². The van der Waals surface area contributed by atoms with Gasteiger partial charge in [0.25, 0.3) is 0 Å². The summed E-state index contributed by atoms with van der Waals surface area (Å²) in [5, 5.41) is 0. The fraction of sp³-hybridized carbons (Fsp3) is 0.390. The van der Waals surface area contributed by atoms with Crippen molar-refractivity contribution >= 4 is 5.57 Å². The number of nitrogens with zero attached hydrogens (tertiary/aromatic N) is 3. The molecule has 4 heteroatoms. The van der Waals surface area contributed by atoms with Gasteiger partial charge in [0.2, 0.25) is 0 Å². The van der Waals surface area contributed by atoms with Gasteiger partial charge in [0.15, 0.2) is 5.82 Å². The summed E-state index contributed by atoms with van der Waals surface area (Å²) in [6.45, 7) is 0. The van der Waals surface area contributed by atoms with Crippen LogP contribution in [0.2, 0.25) is 0 Å². The molecule has 0 N–H and O–H groups in total. The molecule has 45 heavy (non-hydrogen) atoms. The number of hydrogen-bond acceptors (Lipinski definition) is 4. The van der Waals surface area contributed by atoms with Crippen LogP contribution < -0.4 is 0 Å². The van der Waals surface area contributed by atoms with E-state index < -0.39 is 0 Å². The molecule has 0 spiro atoms. The van der Waals surface area contributed by atoms with Crippen LogP contribution in [0.5, 0.6) is 0 Å². The van der Waals surface area contributed by atoms with Crippen molar-refractivity contribution in [2.24, 2.45) is 29.6 Å². The molecule has 1 aliphatic heterocycles. The van der Waals surface area contributed by atoms with Crippen LogP contribution in [-0.4, -0.2) is 21.1 Å². The molecule has 9 rings (SSSR count). The number of hydrogen-bond donors (Lipinski definition) is 0. The Bertz CT molecular complexity index is 1740. The van der Waals surface area contributed by atoms with Crippen molar-refractivity contribution in [3.05, 3.63) is 143 Å². The standard InChI is InChI=1S/C41H41N3O/c1-2-12-27(13-3-1)30-16-8-18-32-31(30)17-9-19-33(32)40-42-39(29-24-23-26-11-4-5-14-28(26)25-29)43-41(44-40)35-20-10-22-37-38(35)34-15-6-7-21-36(34)45-37/h1-6,8-12,14-15,17-18,20,22,26-30,33,37-38H,7,13,16,19,21,23-25H2. The SMILES string of the molecule is C1=CCC(C2CC=CC3=C2C=CCC3c2nc(C3=CC=CC4OC5=C(C=CCC5)C34)nc(C3CCC4C=CC=CC4C3)n2)C=C1. The maximum Gasteiger partial charge on any atom is 0.160 e. The molecule has 0 amide bonds. The first-order valence-electron chi connectivity index (χ1n) is 17.3. The topological polar surface area (TPSA) is 47.9 Å². The van der Waals surface area contributed by atoms with Crippen LogP contribution in [0.15, 0.2) is 126 Å². The van der Waals surface area contributed by atoms with E-state index in [2.05, 4.69) is 103 Å². The first-order chi connectivity index (χ1) is 22.3. The summed E-state index contributed by atoms with van der Waals surface area (Å²) in [5.74, 6) is 6.78. The minimum atomic E-state index is 0.0163. The Morgan fingerprint density at radius 1 is 0.644 bits per heavy atom. The lowest BCUT2D eigenvalue weighted by atomic mass is 9.71. The highest BCUT2D eigenvalue weighted by Gasteiger charge is 2.41. The molecule has 8 aliphatic rings. The third-order valence-corrected chi connectivity index (χ3v) is 11.4. The minimum absolute atomic E-state index is 0.0163. The zero-order chi connectivity index (χ0) is 29.7. The molecule has 8 unspecified atom stereocenters. The van der Waals surface area contributed by atoms with E-state index in [4.69, 9.17) is 19.7 Å². The predicted octanol–water partition coefficient (Wildman–Crippen LogP) is 9.12. The van der Waals surface area contributed by atoms with Crippen molar-refractivity contribution in [2.45, 2.75) is 69.3 Å². The van der Waals surface area contributed by atoms with Gasteiger partial charge in [-0.2, -0.15) is 0 Å². The third-order valence-electron chi connectivity index (χ3n) is 11.4. The molecule has 1 fully saturated rings. The van der Waals surface area contributed by atoms with Gasteiger partial charge in [-0.15, -0.1) is 0 Å². The molecule has 1 saturated carbocycles. The second-order valence-electron chi connectivity index (χ2n) is 13.9. The van der Waals surface area contributed by atoms with E-state index in [0.29, 0.717) is 29.6 Å². The number of fused-ring (bicyclic) bond motifs is 3. The lowest BCUT2D eigenvalue weighted by molar-refractivity contribution is 0.160. The number of aromatic nitrogens is 3. The summed E-state index contributed by atoms with van der Waals surface area (Å²) in [4.78, 5) is 16.2. The highest BCUT2D eigenvalue weighted by molar-refractivity contribution is 5.72. The molecule has 0 bridgehead atoms. The maximum absolute atomic E-state index is 6.49. The Morgan fingerprint density at radius 2 is 1.47 bits per heavy atom. The molecular formula is C41H41N3O. The Balaban J connectivity index is 1.13. The van der Waals surface area contributed by atoms with Crippen LogP contribution in [0.3, 0.4) is 0 Å². The first kappa shape index (κ1) is 27.3. The van der Waals surface area contributed by atoms with Crippen LogP contribution in [0.1, 0.15) is 80.7 Å². The summed E-state index contributed by atoms with van der Waals surface area (Å²) in [6.07, 6.45) is 47.7. The van der Waals surface area contributed by atoms with Gasteiger partial charge in [0.1, 0.15) is 23.5 Å². The highest BCUT2D eigenvalue weighted by Crippen LogP contribution is 2.48. The molecule has 7 aliphatic carbocycles. The number of ether oxygens (including phenoxy) is 1. The molecule has 0 saturated heterocycles. The van der Waals surface area contributed by atoms with Crippen molar-refractivity contribution in [2.75, 3.05) is 0 Å². The Labute approximate surface area is 266 Å². The molecular weight excluding hydrogens is 550 g/mol. The van der Waals surface area contributed by atoms with Gasteiger partial charge in [-0.1, -0.05) is 97.2 Å². The summed E-state index contributed by atoms with van der Waals surface area (Å²) >= 11 is 0. The zero-order valence-electron chi connectivity index (χ0n) is 25.8. The van der Waals surface area contributed by atoms with Crippen LogP contribution in [0.4, 0.5) is 0 Å². The van der Waals surface area contributed by atoms with E-state index >= 15 is 0 Å². The summed E-state index contributed by atoms with van der Waals surface area (Å²) in [6, 6.07) is 0. The monoisotopic (exact) mass is 591 g/mol. The summed E-state index contributed by atoms with van der Waals surface area (Å²) in [5.41, 5.74) is 5.37. The van der Waals surface area contributed by atoms with Gasteiger partial charge in [0.05, 0.1) is 5.92 Å². The van der Waals surface area contributed by atoms with Crippen LogP contribution >= 0.6 is 0 Å². The van der Waals surface area contributed by atoms with Crippen LogP contribution in [0, 0.1) is 29.6 Å². The molecule has 2 heterocycles. The van der Waals surface area contributed by atoms with E-state index in [0.717, 1.165) is 68.2 Å². The molecule has 1 aromatic rings. The fourth-order valence-electron chi connectivity index (χ4n) is 9.09. The molecule has 1 aromatic heterocycles. The van der Waals surface area contributed by atoms with E-state index in [1.165, 1.54) is 28.7 Å². The lowest BCUT2D eigenvalue weighted by Crippen LogP contribution is -2.27. The van der Waals surface area contributed by atoms with Gasteiger partial charge in [-0.3, -0.25) is 0 Å². The largest absolute Gasteiger partial charge is 0.489 e. The molecule has 4 nitrogen and oxygen atoms in total. The normalized spacial score (nSPS) is 35.6. The Kier molecular flexibility index (Phi) is 6.90. The average molecular weight is 592 g/mol. The van der Waals surface area contributed by atoms with Crippen molar-refractivity contribution in [1.82, 2.24) is 15.0 Å². The minimum Gasteiger partial charge on any atom is -0.489 e. The van der Waals surface area contributed by atoms with E-state index in [9.17, 15) is 0 Å². The highest BCUT2D eigenvalue weighted by atomic mass is 16.5. The van der Waals surface area contributed by atoms with Crippen LogP contribution in [-0.2, 0) is 4.74 Å². The quantitative estimate of drug-likeness (QED) is 0.350. The fourth-order valence-corrected chi connectivity index (χ4v) is 9.09. The predicted molar refractivity (Wildman–Crippen MR) is 180 cm³/mol. The van der Waals surface area contributed by atoms with Gasteiger partial charge in [0, 0.05) is 29.4 Å². The number of rotatable bonds is 4. The van der Waals surface area contributed by atoms with Crippen molar-refractivity contribution in [3.8, 4) is 0 Å². The Morgan fingerprint density at radius 3 is 2.40 bits per heavy atom. The second-order valence-corrected chi connectivity index (χ2v) is 13.9. The van der Waals surface area contributed by atoms with Gasteiger partial charge in [-0.05, 0) is 85.8 Å². The third kappa shape index (κ3) is 4.85. The molecule has 8 atom stereocenters. The van der Waals surface area contributed by atoms with E-state index in [-0.39, 0.29) is 17.9 Å². The maximum atomic E-state index is 6.49. The van der Waals surface area contributed by atoms with E-state index in [1.807, 2.05) is 0 Å². The first-order valence-corrected chi connectivity index (χ1v) is 17.3. The lowest BCUT2D eigenvalue weighted by Gasteiger charge is -2.35. The molecule has 0 radical (unpaired) electrons. The summed E-state index contributed by atoms with van der Waals surface area (Å²) < 4.78 is 6.49. The summed E-state index contributed by atoms with van der Waals surface area (Å²) in [7, 11) is 0. The van der Waals surface area contributed by atoms with Crippen molar-refractivity contribution in [1.29, 1.82) is 0 Å². The average Bonchev–Trinajstić information content (AvgIpc) is 3.50. The smallest absolute Gasteiger partial charge is 0.160 e. The molecule has 226 valence electrons.